The number of likely N-dealkylation sites (N-methyl/N-ethyl adjacent to an activating group) is 1. The van der Waals surface area contributed by atoms with Gasteiger partial charge in [-0.1, -0.05) is 24.3 Å². The largest absolute Gasteiger partial charge is 0.320 e. The van der Waals surface area contributed by atoms with Gasteiger partial charge in [0.05, 0.1) is 5.52 Å². The second kappa shape index (κ2) is 5.91. The molecule has 3 aromatic rings. The molecule has 24 heavy (non-hydrogen) atoms. The lowest BCUT2D eigenvalue weighted by Crippen LogP contribution is -2.26. The summed E-state index contributed by atoms with van der Waals surface area (Å²) in [6, 6.07) is 13.0. The molecule has 122 valence electrons. The average molecular weight is 317 g/mol. The van der Waals surface area contributed by atoms with Crippen molar-refractivity contribution in [2.75, 3.05) is 13.6 Å². The fourth-order valence-electron chi connectivity index (χ4n) is 3.60. The second-order valence-electron chi connectivity index (χ2n) is 6.80. The summed E-state index contributed by atoms with van der Waals surface area (Å²) in [6.07, 6.45) is 5.34. The number of hydrogen-bond acceptors (Lipinski definition) is 2. The number of hydrogen-bond donors (Lipinski definition) is 0. The van der Waals surface area contributed by atoms with E-state index >= 15 is 0 Å². The maximum Gasteiger partial charge on any atom is 0.0528 e. The van der Waals surface area contributed by atoms with Crippen molar-refractivity contribution in [3.05, 3.63) is 65.1 Å². The normalized spacial score (nSPS) is 15.7. The van der Waals surface area contributed by atoms with E-state index in [1.54, 1.807) is 0 Å². The quantitative estimate of drug-likeness (QED) is 0.700. The van der Waals surface area contributed by atoms with Crippen molar-refractivity contribution in [1.29, 1.82) is 0 Å². The van der Waals surface area contributed by atoms with E-state index in [2.05, 4.69) is 71.0 Å². The summed E-state index contributed by atoms with van der Waals surface area (Å²) in [5.74, 6) is 0. The maximum atomic E-state index is 4.43. The van der Waals surface area contributed by atoms with Gasteiger partial charge in [-0.3, -0.25) is 4.98 Å². The highest BCUT2D eigenvalue weighted by atomic mass is 15.1. The lowest BCUT2D eigenvalue weighted by molar-refractivity contribution is 0.312. The van der Waals surface area contributed by atoms with E-state index in [-0.39, 0.29) is 0 Å². The molecule has 1 aliphatic rings. The van der Waals surface area contributed by atoms with Crippen molar-refractivity contribution in [3.8, 4) is 0 Å². The van der Waals surface area contributed by atoms with Crippen LogP contribution in [0, 0.1) is 6.92 Å². The molecule has 0 aliphatic carbocycles. The third-order valence-corrected chi connectivity index (χ3v) is 4.98. The number of aromatic nitrogens is 2. The first-order valence-corrected chi connectivity index (χ1v) is 8.54. The molecule has 4 rings (SSSR count). The van der Waals surface area contributed by atoms with Gasteiger partial charge in [0.2, 0.25) is 0 Å². The van der Waals surface area contributed by atoms with Crippen LogP contribution in [0.3, 0.4) is 0 Å². The molecule has 0 bridgehead atoms. The van der Waals surface area contributed by atoms with E-state index in [9.17, 15) is 0 Å². The summed E-state index contributed by atoms with van der Waals surface area (Å²) in [6.45, 7) is 6.34. The van der Waals surface area contributed by atoms with E-state index < -0.39 is 0 Å². The van der Waals surface area contributed by atoms with Crippen LogP contribution in [0.25, 0.3) is 22.7 Å². The van der Waals surface area contributed by atoms with Crippen LogP contribution in [0.4, 0.5) is 0 Å². The van der Waals surface area contributed by atoms with Crippen molar-refractivity contribution >= 4 is 22.7 Å². The van der Waals surface area contributed by atoms with Crippen LogP contribution < -0.4 is 0 Å². The first kappa shape index (κ1) is 15.2. The number of allylic oxidation sites excluding steroid dienone is 1. The molecule has 1 aliphatic heterocycles. The van der Waals surface area contributed by atoms with Crippen LogP contribution in [0.2, 0.25) is 0 Å². The number of fused-ring (bicyclic) bond motifs is 3. The highest BCUT2D eigenvalue weighted by molar-refractivity contribution is 5.89. The molecule has 0 N–H and O–H groups in total. The molecule has 3 nitrogen and oxygen atoms in total. The van der Waals surface area contributed by atoms with Crippen molar-refractivity contribution in [2.45, 2.75) is 26.8 Å². The molecule has 3 heteroatoms. The Balaban J connectivity index is 1.87. The van der Waals surface area contributed by atoms with Gasteiger partial charge in [0.15, 0.2) is 0 Å². The topological polar surface area (TPSA) is 21.1 Å². The van der Waals surface area contributed by atoms with E-state index in [1.807, 2.05) is 13.1 Å². The van der Waals surface area contributed by atoms with Gasteiger partial charge in [-0.25, -0.2) is 0 Å². The van der Waals surface area contributed by atoms with Crippen molar-refractivity contribution in [1.82, 2.24) is 14.5 Å². The summed E-state index contributed by atoms with van der Waals surface area (Å²) >= 11 is 0. The Bertz CT molecular complexity index is 916. The summed E-state index contributed by atoms with van der Waals surface area (Å²) in [5.41, 5.74) is 7.71. The highest BCUT2D eigenvalue weighted by Crippen LogP contribution is 2.31. The van der Waals surface area contributed by atoms with Gasteiger partial charge in [-0.2, -0.15) is 0 Å². The Morgan fingerprint density at radius 3 is 2.79 bits per heavy atom. The Hall–Kier alpha value is -2.39. The zero-order valence-electron chi connectivity index (χ0n) is 14.6. The number of pyridine rings is 1. The molecule has 0 fully saturated rings. The molecular formula is C21H23N3. The Labute approximate surface area is 143 Å². The third-order valence-electron chi connectivity index (χ3n) is 4.98. The van der Waals surface area contributed by atoms with Crippen molar-refractivity contribution in [3.63, 3.8) is 0 Å². The lowest BCUT2D eigenvalue weighted by atomic mass is 10.1. The molecule has 1 aromatic carbocycles. The molecule has 0 atom stereocenters. The van der Waals surface area contributed by atoms with Gasteiger partial charge in [-0.15, -0.1) is 0 Å². The Morgan fingerprint density at radius 2 is 2.00 bits per heavy atom. The van der Waals surface area contributed by atoms with Crippen LogP contribution in [0.1, 0.15) is 29.4 Å². The van der Waals surface area contributed by atoms with Crippen LogP contribution in [-0.2, 0) is 13.0 Å². The van der Waals surface area contributed by atoms with E-state index in [0.717, 1.165) is 25.2 Å². The fraction of sp³-hybridized carbons (Fsp3) is 0.286. The van der Waals surface area contributed by atoms with Gasteiger partial charge in [0, 0.05) is 48.7 Å². The summed E-state index contributed by atoms with van der Waals surface area (Å²) in [5, 5.41) is 1.38. The monoisotopic (exact) mass is 317 g/mol. The van der Waals surface area contributed by atoms with Crippen LogP contribution in [0.5, 0.6) is 0 Å². The minimum Gasteiger partial charge on any atom is -0.320 e. The number of aryl methyl sites for hydroxylation is 1. The predicted molar refractivity (Wildman–Crippen MR) is 101 cm³/mol. The van der Waals surface area contributed by atoms with E-state index in [4.69, 9.17) is 0 Å². The summed E-state index contributed by atoms with van der Waals surface area (Å²) in [7, 11) is 2.20. The Kier molecular flexibility index (Phi) is 3.73. The first-order chi connectivity index (χ1) is 11.6. The number of rotatable bonds is 2. The second-order valence-corrected chi connectivity index (χ2v) is 6.80. The molecule has 0 spiro atoms. The highest BCUT2D eigenvalue weighted by Gasteiger charge is 2.21. The molecule has 0 radical (unpaired) electrons. The Morgan fingerprint density at radius 1 is 1.17 bits per heavy atom. The standard InChI is InChI=1S/C21H23N3/c1-15(17-9-8-16(2)22-12-17)13-24-20-7-5-4-6-18(20)19-14-23(3)11-10-21(19)24/h4-9,12-13H,10-11,14H2,1-3H3. The van der Waals surface area contributed by atoms with Crippen LogP contribution in [-0.4, -0.2) is 28.0 Å². The molecule has 0 saturated carbocycles. The zero-order valence-corrected chi connectivity index (χ0v) is 14.6. The summed E-state index contributed by atoms with van der Waals surface area (Å²) < 4.78 is 2.40. The molecule has 0 saturated heterocycles. The molecule has 0 unspecified atom stereocenters. The molecule has 3 heterocycles. The van der Waals surface area contributed by atoms with Gasteiger partial charge in [0.25, 0.3) is 0 Å². The van der Waals surface area contributed by atoms with Crippen LogP contribution in [0.15, 0.2) is 42.6 Å². The number of para-hydroxylation sites is 1. The molecular weight excluding hydrogens is 294 g/mol. The van der Waals surface area contributed by atoms with Crippen molar-refractivity contribution in [2.24, 2.45) is 0 Å². The van der Waals surface area contributed by atoms with Gasteiger partial charge in [-0.05, 0) is 49.7 Å². The number of benzene rings is 1. The molecule has 0 amide bonds. The average Bonchev–Trinajstić information content (AvgIpc) is 2.89. The van der Waals surface area contributed by atoms with Crippen LogP contribution >= 0.6 is 0 Å². The maximum absolute atomic E-state index is 4.43. The zero-order chi connectivity index (χ0) is 16.7. The first-order valence-electron chi connectivity index (χ1n) is 8.54. The minimum absolute atomic E-state index is 1.03. The smallest absolute Gasteiger partial charge is 0.0528 e. The summed E-state index contributed by atoms with van der Waals surface area (Å²) in [4.78, 5) is 6.83. The van der Waals surface area contributed by atoms with Gasteiger partial charge < -0.3 is 9.47 Å². The fourth-order valence-corrected chi connectivity index (χ4v) is 3.60. The SMILES string of the molecule is CC(=Cn1c2c(c3ccccc31)CN(C)CC2)c1ccc(C)nc1. The predicted octanol–water partition coefficient (Wildman–Crippen LogP) is 4.35. The van der Waals surface area contributed by atoms with E-state index in [1.165, 1.54) is 33.3 Å². The lowest BCUT2D eigenvalue weighted by Gasteiger charge is -2.23. The number of nitrogens with zero attached hydrogens (tertiary/aromatic N) is 3. The third kappa shape index (κ3) is 2.55. The van der Waals surface area contributed by atoms with Gasteiger partial charge in [0.1, 0.15) is 0 Å². The van der Waals surface area contributed by atoms with E-state index in [0.29, 0.717) is 0 Å². The van der Waals surface area contributed by atoms with Gasteiger partial charge >= 0.3 is 0 Å². The van der Waals surface area contributed by atoms with Crippen molar-refractivity contribution < 1.29 is 0 Å². The molecule has 2 aromatic heterocycles. The minimum atomic E-state index is 1.03.